The van der Waals surface area contributed by atoms with E-state index < -0.39 is 11.8 Å². The van der Waals surface area contributed by atoms with Gasteiger partial charge in [-0.15, -0.1) is 11.3 Å². The Morgan fingerprint density at radius 2 is 2.00 bits per heavy atom. The number of fused-ring (bicyclic) bond motifs is 1. The Morgan fingerprint density at radius 3 is 2.68 bits per heavy atom. The molecule has 3 rings (SSSR count). The maximum Gasteiger partial charge on any atom is 0.263 e. The van der Waals surface area contributed by atoms with Crippen molar-refractivity contribution in [2.75, 3.05) is 6.54 Å². The standard InChI is InChI=1S/C17H16N4O3S/c1-10-2-4-11(5-3-10)12-8-25-16-15(12)17(24)21(9-20-16)7-14(23)19-6-13(18)22/h2-5,8-9H,6-7H2,1H3,(H2,18,22)(H,19,23). The molecule has 0 aliphatic rings. The molecule has 0 aliphatic heterocycles. The zero-order valence-corrected chi connectivity index (χ0v) is 14.3. The maximum absolute atomic E-state index is 12.8. The van der Waals surface area contributed by atoms with Crippen molar-refractivity contribution in [2.45, 2.75) is 13.5 Å². The first-order valence-electron chi connectivity index (χ1n) is 7.54. The van der Waals surface area contributed by atoms with Gasteiger partial charge in [0.15, 0.2) is 0 Å². The molecular weight excluding hydrogens is 340 g/mol. The number of carbonyl (C=O) groups is 2. The third kappa shape index (κ3) is 3.58. The van der Waals surface area contributed by atoms with Crippen LogP contribution in [0.15, 0.2) is 40.8 Å². The molecule has 0 bridgehead atoms. The van der Waals surface area contributed by atoms with Gasteiger partial charge in [0.25, 0.3) is 5.56 Å². The highest BCUT2D eigenvalue weighted by molar-refractivity contribution is 7.17. The first kappa shape index (κ1) is 16.8. The molecule has 0 fully saturated rings. The molecule has 0 saturated heterocycles. The van der Waals surface area contributed by atoms with Crippen molar-refractivity contribution >= 4 is 33.4 Å². The smallest absolute Gasteiger partial charge is 0.263 e. The number of aromatic nitrogens is 2. The number of amides is 2. The van der Waals surface area contributed by atoms with Gasteiger partial charge in [-0.25, -0.2) is 4.98 Å². The van der Waals surface area contributed by atoms with Gasteiger partial charge in [-0.05, 0) is 12.5 Å². The van der Waals surface area contributed by atoms with Crippen molar-refractivity contribution in [3.63, 3.8) is 0 Å². The molecule has 1 aromatic carbocycles. The first-order chi connectivity index (χ1) is 12.0. The minimum Gasteiger partial charge on any atom is -0.368 e. The predicted molar refractivity (Wildman–Crippen MR) is 96.3 cm³/mol. The van der Waals surface area contributed by atoms with Crippen molar-refractivity contribution in [3.05, 3.63) is 51.9 Å². The lowest BCUT2D eigenvalue weighted by Crippen LogP contribution is -2.37. The largest absolute Gasteiger partial charge is 0.368 e. The Bertz CT molecular complexity index is 1000. The van der Waals surface area contributed by atoms with Gasteiger partial charge in [0.1, 0.15) is 11.4 Å². The van der Waals surface area contributed by atoms with Crippen molar-refractivity contribution in [2.24, 2.45) is 5.73 Å². The highest BCUT2D eigenvalue weighted by Gasteiger charge is 2.14. The van der Waals surface area contributed by atoms with Crippen molar-refractivity contribution < 1.29 is 9.59 Å². The fraction of sp³-hybridized carbons (Fsp3) is 0.176. The first-order valence-corrected chi connectivity index (χ1v) is 8.42. The van der Waals surface area contributed by atoms with Crippen LogP contribution in [0, 0.1) is 6.92 Å². The fourth-order valence-corrected chi connectivity index (χ4v) is 3.33. The van der Waals surface area contributed by atoms with Crippen LogP contribution in [0.25, 0.3) is 21.3 Å². The summed E-state index contributed by atoms with van der Waals surface area (Å²) in [5.74, 6) is -1.12. The Labute approximate surface area is 147 Å². The average molecular weight is 356 g/mol. The quantitative estimate of drug-likeness (QED) is 0.712. The lowest BCUT2D eigenvalue weighted by molar-refractivity contribution is -0.125. The molecule has 0 unspecified atom stereocenters. The van der Waals surface area contributed by atoms with Crippen molar-refractivity contribution in [3.8, 4) is 11.1 Å². The molecule has 7 nitrogen and oxygen atoms in total. The molecule has 2 aromatic heterocycles. The summed E-state index contributed by atoms with van der Waals surface area (Å²) in [6.45, 7) is 1.50. The van der Waals surface area contributed by atoms with Gasteiger partial charge in [0.05, 0.1) is 18.3 Å². The number of aryl methyl sites for hydroxylation is 1. The topological polar surface area (TPSA) is 107 Å². The number of hydrogen-bond acceptors (Lipinski definition) is 5. The summed E-state index contributed by atoms with van der Waals surface area (Å²) in [6, 6.07) is 7.86. The van der Waals surface area contributed by atoms with Gasteiger partial charge in [0, 0.05) is 10.9 Å². The van der Waals surface area contributed by atoms with Gasteiger partial charge in [0.2, 0.25) is 11.8 Å². The van der Waals surface area contributed by atoms with Crippen LogP contribution in [0.4, 0.5) is 0 Å². The van der Waals surface area contributed by atoms with Crippen LogP contribution in [0.5, 0.6) is 0 Å². The van der Waals surface area contributed by atoms with E-state index in [1.807, 2.05) is 36.6 Å². The second-order valence-electron chi connectivity index (χ2n) is 5.62. The van der Waals surface area contributed by atoms with E-state index in [2.05, 4.69) is 10.3 Å². The molecule has 0 aliphatic carbocycles. The lowest BCUT2D eigenvalue weighted by atomic mass is 10.1. The van der Waals surface area contributed by atoms with Gasteiger partial charge in [-0.3, -0.25) is 19.0 Å². The fourth-order valence-electron chi connectivity index (χ4n) is 2.42. The van der Waals surface area contributed by atoms with Gasteiger partial charge >= 0.3 is 0 Å². The van der Waals surface area contributed by atoms with Crippen LogP contribution in [-0.4, -0.2) is 27.9 Å². The molecule has 0 spiro atoms. The minimum absolute atomic E-state index is 0.224. The van der Waals surface area contributed by atoms with E-state index in [0.29, 0.717) is 10.2 Å². The minimum atomic E-state index is -0.645. The highest BCUT2D eigenvalue weighted by atomic mass is 32.1. The second-order valence-corrected chi connectivity index (χ2v) is 6.47. The zero-order valence-electron chi connectivity index (χ0n) is 13.5. The number of primary amides is 1. The van der Waals surface area contributed by atoms with E-state index >= 15 is 0 Å². The van der Waals surface area contributed by atoms with E-state index in [9.17, 15) is 14.4 Å². The summed E-state index contributed by atoms with van der Waals surface area (Å²) in [5.41, 5.74) is 7.54. The summed E-state index contributed by atoms with van der Waals surface area (Å²) in [5, 5.41) is 4.73. The van der Waals surface area contributed by atoms with Gasteiger partial charge in [-0.2, -0.15) is 0 Å². The summed E-state index contributed by atoms with van der Waals surface area (Å²) in [4.78, 5) is 40.2. The average Bonchev–Trinajstić information content (AvgIpc) is 3.01. The summed E-state index contributed by atoms with van der Waals surface area (Å²) in [6.07, 6.45) is 1.34. The molecule has 25 heavy (non-hydrogen) atoms. The third-order valence-electron chi connectivity index (χ3n) is 3.70. The normalized spacial score (nSPS) is 10.8. The molecule has 128 valence electrons. The number of thiophene rings is 1. The van der Waals surface area contributed by atoms with Crippen molar-refractivity contribution in [1.29, 1.82) is 0 Å². The van der Waals surface area contributed by atoms with Gasteiger partial charge in [-0.1, -0.05) is 29.8 Å². The van der Waals surface area contributed by atoms with E-state index in [4.69, 9.17) is 5.73 Å². The van der Waals surface area contributed by atoms with Crippen LogP contribution < -0.4 is 16.6 Å². The van der Waals surface area contributed by atoms with Gasteiger partial charge < -0.3 is 11.1 Å². The second kappa shape index (κ2) is 6.86. The molecule has 3 aromatic rings. The predicted octanol–water partition coefficient (Wildman–Crippen LogP) is 1.03. The van der Waals surface area contributed by atoms with Crippen LogP contribution in [0.3, 0.4) is 0 Å². The number of rotatable bonds is 5. The number of hydrogen-bond donors (Lipinski definition) is 2. The Kier molecular flexibility index (Phi) is 4.62. The number of carbonyl (C=O) groups excluding carboxylic acids is 2. The summed E-state index contributed by atoms with van der Waals surface area (Å²) in [7, 11) is 0. The van der Waals surface area contributed by atoms with Crippen LogP contribution in [0.1, 0.15) is 5.56 Å². The molecule has 3 N–H and O–H groups in total. The molecule has 0 radical (unpaired) electrons. The summed E-state index contributed by atoms with van der Waals surface area (Å²) < 4.78 is 1.23. The third-order valence-corrected chi connectivity index (χ3v) is 4.58. The Hall–Kier alpha value is -3.00. The van der Waals surface area contributed by atoms with E-state index in [0.717, 1.165) is 16.7 Å². The molecule has 2 amide bonds. The molecular formula is C17H16N4O3S. The highest BCUT2D eigenvalue weighted by Crippen LogP contribution is 2.30. The van der Waals surface area contributed by atoms with E-state index in [-0.39, 0.29) is 18.6 Å². The van der Waals surface area contributed by atoms with Crippen LogP contribution in [-0.2, 0) is 16.1 Å². The number of nitrogens with one attached hydrogen (secondary N) is 1. The zero-order chi connectivity index (χ0) is 18.0. The monoisotopic (exact) mass is 356 g/mol. The summed E-state index contributed by atoms with van der Waals surface area (Å²) >= 11 is 1.38. The van der Waals surface area contributed by atoms with E-state index in [1.165, 1.54) is 22.2 Å². The number of nitrogens with two attached hydrogens (primary N) is 1. The SMILES string of the molecule is Cc1ccc(-c2csc3ncn(CC(=O)NCC(N)=O)c(=O)c23)cc1. The maximum atomic E-state index is 12.8. The van der Waals surface area contributed by atoms with Crippen LogP contribution >= 0.6 is 11.3 Å². The molecule has 0 atom stereocenters. The number of benzene rings is 1. The van der Waals surface area contributed by atoms with E-state index in [1.54, 1.807) is 0 Å². The lowest BCUT2D eigenvalue weighted by Gasteiger charge is -2.06. The molecule has 0 saturated carbocycles. The van der Waals surface area contributed by atoms with Crippen LogP contribution in [0.2, 0.25) is 0 Å². The Morgan fingerprint density at radius 1 is 1.28 bits per heavy atom. The Balaban J connectivity index is 1.97. The van der Waals surface area contributed by atoms with Crippen molar-refractivity contribution in [1.82, 2.24) is 14.9 Å². The number of nitrogens with zero attached hydrogens (tertiary/aromatic N) is 2. The molecule has 2 heterocycles. The molecule has 8 heteroatoms.